The van der Waals surface area contributed by atoms with Gasteiger partial charge in [0.25, 0.3) is 0 Å². The summed E-state index contributed by atoms with van der Waals surface area (Å²) in [6.07, 6.45) is 1.96. The number of hydrogen-bond donors (Lipinski definition) is 2. The summed E-state index contributed by atoms with van der Waals surface area (Å²) in [4.78, 5) is 0. The molecule has 1 heterocycles. The van der Waals surface area contributed by atoms with Gasteiger partial charge in [0.2, 0.25) is 0 Å². The van der Waals surface area contributed by atoms with Gasteiger partial charge in [0.15, 0.2) is 0 Å². The van der Waals surface area contributed by atoms with Crippen LogP contribution in [0.4, 0.5) is 5.82 Å². The number of rotatable bonds is 3. The molecule has 0 aliphatic carbocycles. The number of aromatic amines is 1. The zero-order valence-electron chi connectivity index (χ0n) is 10.0. The van der Waals surface area contributed by atoms with Crippen LogP contribution in [0.3, 0.4) is 0 Å². The van der Waals surface area contributed by atoms with Crippen LogP contribution >= 0.6 is 11.6 Å². The van der Waals surface area contributed by atoms with Crippen LogP contribution in [0, 0.1) is 6.92 Å². The molecule has 3 nitrogen and oxygen atoms in total. The Balaban J connectivity index is 2.56. The van der Waals surface area contributed by atoms with E-state index in [1.165, 1.54) is 0 Å². The predicted octanol–water partition coefficient (Wildman–Crippen LogP) is 3.57. The van der Waals surface area contributed by atoms with Crippen molar-refractivity contribution in [2.45, 2.75) is 26.7 Å². The third-order valence-electron chi connectivity index (χ3n) is 2.94. The van der Waals surface area contributed by atoms with Crippen molar-refractivity contribution in [2.75, 3.05) is 5.73 Å². The minimum absolute atomic E-state index is 0.584. The van der Waals surface area contributed by atoms with Crippen molar-refractivity contribution in [3.05, 3.63) is 34.3 Å². The first kappa shape index (κ1) is 12.0. The van der Waals surface area contributed by atoms with Crippen LogP contribution in [-0.4, -0.2) is 10.2 Å². The van der Waals surface area contributed by atoms with Crippen molar-refractivity contribution < 1.29 is 0 Å². The van der Waals surface area contributed by atoms with E-state index in [1.807, 2.05) is 25.1 Å². The molecule has 0 bridgehead atoms. The van der Waals surface area contributed by atoms with Crippen molar-refractivity contribution in [1.82, 2.24) is 10.2 Å². The largest absolute Gasteiger partial charge is 0.382 e. The van der Waals surface area contributed by atoms with Gasteiger partial charge in [-0.2, -0.15) is 5.10 Å². The van der Waals surface area contributed by atoms with Crippen molar-refractivity contribution in [3.8, 4) is 11.3 Å². The molecule has 2 aromatic rings. The number of anilines is 1. The predicted molar refractivity (Wildman–Crippen MR) is 72.2 cm³/mol. The minimum atomic E-state index is 0.584. The average molecular weight is 250 g/mol. The van der Waals surface area contributed by atoms with Gasteiger partial charge in [0.05, 0.1) is 5.69 Å². The number of hydrogen-bond acceptors (Lipinski definition) is 2. The maximum absolute atomic E-state index is 6.13. The first-order valence-electron chi connectivity index (χ1n) is 5.73. The fourth-order valence-electron chi connectivity index (χ4n) is 1.98. The zero-order chi connectivity index (χ0) is 12.4. The molecule has 0 saturated heterocycles. The van der Waals surface area contributed by atoms with E-state index in [1.54, 1.807) is 0 Å². The van der Waals surface area contributed by atoms with Gasteiger partial charge in [0, 0.05) is 16.1 Å². The molecule has 17 heavy (non-hydrogen) atoms. The molecule has 1 aromatic carbocycles. The summed E-state index contributed by atoms with van der Waals surface area (Å²) < 4.78 is 0. The van der Waals surface area contributed by atoms with Gasteiger partial charge in [0.1, 0.15) is 5.82 Å². The normalized spacial score (nSPS) is 10.8. The number of H-pyrrole nitrogens is 1. The van der Waals surface area contributed by atoms with Gasteiger partial charge in [-0.25, -0.2) is 0 Å². The molecule has 0 spiro atoms. The van der Waals surface area contributed by atoms with Crippen molar-refractivity contribution >= 4 is 17.4 Å². The molecule has 0 amide bonds. The molecule has 0 fully saturated rings. The number of benzene rings is 1. The number of nitrogens with zero attached hydrogens (tertiary/aromatic N) is 1. The summed E-state index contributed by atoms with van der Waals surface area (Å²) >= 11 is 6.13. The van der Waals surface area contributed by atoms with Crippen LogP contribution in [-0.2, 0) is 6.42 Å². The molecule has 90 valence electrons. The highest BCUT2D eigenvalue weighted by Gasteiger charge is 2.14. The van der Waals surface area contributed by atoms with Gasteiger partial charge >= 0.3 is 0 Å². The summed E-state index contributed by atoms with van der Waals surface area (Å²) in [7, 11) is 0. The molecule has 4 heteroatoms. The molecule has 0 radical (unpaired) electrons. The second-order valence-electron chi connectivity index (χ2n) is 4.12. The van der Waals surface area contributed by atoms with Crippen molar-refractivity contribution in [2.24, 2.45) is 0 Å². The van der Waals surface area contributed by atoms with Gasteiger partial charge in [-0.15, -0.1) is 0 Å². The third-order valence-corrected chi connectivity index (χ3v) is 3.35. The fourth-order valence-corrected chi connectivity index (χ4v) is 2.16. The van der Waals surface area contributed by atoms with Gasteiger partial charge < -0.3 is 5.73 Å². The van der Waals surface area contributed by atoms with E-state index in [9.17, 15) is 0 Å². The number of nitrogens with one attached hydrogen (secondary N) is 1. The monoisotopic (exact) mass is 249 g/mol. The number of aromatic nitrogens is 2. The lowest BCUT2D eigenvalue weighted by Gasteiger charge is -2.07. The number of nitrogen functional groups attached to an aromatic ring is 1. The van der Waals surface area contributed by atoms with E-state index in [0.29, 0.717) is 5.82 Å². The average Bonchev–Trinajstić information content (AvgIpc) is 2.66. The highest BCUT2D eigenvalue weighted by Crippen LogP contribution is 2.31. The lowest BCUT2D eigenvalue weighted by Crippen LogP contribution is -1.93. The molecule has 0 aliphatic rings. The van der Waals surface area contributed by atoms with E-state index >= 15 is 0 Å². The maximum Gasteiger partial charge on any atom is 0.149 e. The van der Waals surface area contributed by atoms with Crippen LogP contribution < -0.4 is 5.73 Å². The molecule has 0 aliphatic heterocycles. The topological polar surface area (TPSA) is 54.7 Å². The van der Waals surface area contributed by atoms with Gasteiger partial charge in [-0.1, -0.05) is 37.1 Å². The summed E-state index contributed by atoms with van der Waals surface area (Å²) in [5.41, 5.74) is 10.1. The summed E-state index contributed by atoms with van der Waals surface area (Å²) in [6, 6.07) is 5.87. The first-order valence-corrected chi connectivity index (χ1v) is 6.11. The van der Waals surface area contributed by atoms with Crippen LogP contribution in [0.5, 0.6) is 0 Å². The molecule has 3 N–H and O–H groups in total. The van der Waals surface area contributed by atoms with Crippen LogP contribution in [0.25, 0.3) is 11.3 Å². The highest BCUT2D eigenvalue weighted by molar-refractivity contribution is 6.31. The second kappa shape index (κ2) is 4.80. The van der Waals surface area contributed by atoms with Gasteiger partial charge in [-0.3, -0.25) is 5.10 Å². The summed E-state index contributed by atoms with van der Waals surface area (Å²) in [5.74, 6) is 0.584. The van der Waals surface area contributed by atoms with E-state index in [-0.39, 0.29) is 0 Å². The van der Waals surface area contributed by atoms with E-state index in [2.05, 4.69) is 17.1 Å². The molecular weight excluding hydrogens is 234 g/mol. The second-order valence-corrected chi connectivity index (χ2v) is 4.53. The Kier molecular flexibility index (Phi) is 3.38. The molecule has 0 unspecified atom stereocenters. The molecule has 1 aromatic heterocycles. The molecule has 2 rings (SSSR count). The Labute approximate surface area is 106 Å². The SMILES string of the molecule is CCCc1c(N)n[nH]c1-c1cccc(Cl)c1C. The van der Waals surface area contributed by atoms with E-state index in [0.717, 1.165) is 40.2 Å². The highest BCUT2D eigenvalue weighted by atomic mass is 35.5. The Hall–Kier alpha value is -1.48. The molecule has 0 atom stereocenters. The van der Waals surface area contributed by atoms with E-state index < -0.39 is 0 Å². The lowest BCUT2D eigenvalue weighted by atomic mass is 10.0. The number of nitrogens with two attached hydrogens (primary N) is 1. The maximum atomic E-state index is 6.13. The Morgan fingerprint density at radius 3 is 2.88 bits per heavy atom. The third kappa shape index (κ3) is 2.15. The van der Waals surface area contributed by atoms with Crippen LogP contribution in [0.2, 0.25) is 5.02 Å². The van der Waals surface area contributed by atoms with E-state index in [4.69, 9.17) is 17.3 Å². The first-order chi connectivity index (χ1) is 8.15. The Bertz CT molecular complexity index is 531. The van der Waals surface area contributed by atoms with Gasteiger partial charge in [-0.05, 0) is 25.0 Å². The quantitative estimate of drug-likeness (QED) is 0.874. The van der Waals surface area contributed by atoms with Crippen molar-refractivity contribution in [1.29, 1.82) is 0 Å². The van der Waals surface area contributed by atoms with Crippen LogP contribution in [0.15, 0.2) is 18.2 Å². The summed E-state index contributed by atoms with van der Waals surface area (Å²) in [5, 5.41) is 7.86. The lowest BCUT2D eigenvalue weighted by molar-refractivity contribution is 0.926. The Morgan fingerprint density at radius 2 is 2.18 bits per heavy atom. The zero-order valence-corrected chi connectivity index (χ0v) is 10.8. The van der Waals surface area contributed by atoms with Crippen molar-refractivity contribution in [3.63, 3.8) is 0 Å². The summed E-state index contributed by atoms with van der Waals surface area (Å²) in [6.45, 7) is 4.13. The standard InChI is InChI=1S/C13H16ClN3/c1-3-5-10-12(16-17-13(10)15)9-6-4-7-11(14)8(9)2/h4,6-7H,3,5H2,1-2H3,(H3,15,16,17). The Morgan fingerprint density at radius 1 is 1.41 bits per heavy atom. The minimum Gasteiger partial charge on any atom is -0.382 e. The molecule has 0 saturated carbocycles. The fraction of sp³-hybridized carbons (Fsp3) is 0.308. The smallest absolute Gasteiger partial charge is 0.149 e. The van der Waals surface area contributed by atoms with Crippen LogP contribution in [0.1, 0.15) is 24.5 Å². The molecular formula is C13H16ClN3. The number of halogens is 1.